The van der Waals surface area contributed by atoms with E-state index < -0.39 is 23.8 Å². The van der Waals surface area contributed by atoms with Crippen LogP contribution in [0.2, 0.25) is 0 Å². The second-order valence-electron chi connectivity index (χ2n) is 6.63. The number of rotatable bonds is 7. The van der Waals surface area contributed by atoms with Gasteiger partial charge in [0, 0.05) is 17.3 Å². The molecule has 2 atom stereocenters. The van der Waals surface area contributed by atoms with Crippen molar-refractivity contribution in [3.8, 4) is 0 Å². The summed E-state index contributed by atoms with van der Waals surface area (Å²) in [5, 5.41) is 17.2. The highest BCUT2D eigenvalue weighted by molar-refractivity contribution is 8.00. The van der Waals surface area contributed by atoms with Crippen LogP contribution >= 0.6 is 23.1 Å². The SMILES string of the molecule is Nc1nc(C(=NOCc2ccccc2)C(=O)NC2C(=O)N3C=C(C(=O)O)CS[C@H]23)cs1. The Balaban J connectivity index is 1.47. The van der Waals surface area contributed by atoms with Crippen molar-refractivity contribution in [1.29, 1.82) is 0 Å². The summed E-state index contributed by atoms with van der Waals surface area (Å²) >= 11 is 2.41. The molecule has 2 amide bonds. The van der Waals surface area contributed by atoms with Crippen LogP contribution < -0.4 is 11.1 Å². The lowest BCUT2D eigenvalue weighted by Gasteiger charge is -2.46. The highest BCUT2D eigenvalue weighted by atomic mass is 32.2. The Labute approximate surface area is 184 Å². The molecule has 0 aliphatic carbocycles. The minimum absolute atomic E-state index is 0.0993. The van der Waals surface area contributed by atoms with Gasteiger partial charge in [0.1, 0.15) is 23.7 Å². The van der Waals surface area contributed by atoms with Gasteiger partial charge in [0.2, 0.25) is 0 Å². The molecule has 1 aromatic carbocycles. The van der Waals surface area contributed by atoms with E-state index in [-0.39, 0.29) is 39.8 Å². The van der Waals surface area contributed by atoms with Crippen molar-refractivity contribution < 1.29 is 24.3 Å². The number of β-lactam (4-membered cyclic amide) rings is 1. The number of nitrogens with two attached hydrogens (primary N) is 1. The molecule has 160 valence electrons. The fourth-order valence-corrected chi connectivity index (χ4v) is 4.78. The van der Waals surface area contributed by atoms with E-state index >= 15 is 0 Å². The molecule has 0 radical (unpaired) electrons. The normalized spacial score (nSPS) is 20.4. The minimum atomic E-state index is -1.07. The summed E-state index contributed by atoms with van der Waals surface area (Å²) in [5.74, 6) is -1.87. The molecule has 2 aliphatic heterocycles. The van der Waals surface area contributed by atoms with E-state index in [1.165, 1.54) is 22.9 Å². The number of oxime groups is 1. The minimum Gasteiger partial charge on any atom is -0.478 e. The fraction of sp³-hybridized carbons (Fsp3) is 0.211. The number of aliphatic carboxylic acids is 1. The predicted octanol–water partition coefficient (Wildman–Crippen LogP) is 1.01. The number of benzene rings is 1. The predicted molar refractivity (Wildman–Crippen MR) is 115 cm³/mol. The van der Waals surface area contributed by atoms with Gasteiger partial charge in [-0.15, -0.1) is 23.1 Å². The summed E-state index contributed by atoms with van der Waals surface area (Å²) in [6.07, 6.45) is 1.31. The molecule has 12 heteroatoms. The lowest BCUT2D eigenvalue weighted by atomic mass is 10.1. The molecular weight excluding hydrogens is 442 g/mol. The molecule has 4 N–H and O–H groups in total. The quantitative estimate of drug-likeness (QED) is 0.316. The zero-order valence-electron chi connectivity index (χ0n) is 15.9. The lowest BCUT2D eigenvalue weighted by molar-refractivity contribution is -0.144. The van der Waals surface area contributed by atoms with Gasteiger partial charge in [-0.25, -0.2) is 9.78 Å². The monoisotopic (exact) mass is 459 g/mol. The number of aromatic nitrogens is 1. The van der Waals surface area contributed by atoms with Gasteiger partial charge < -0.3 is 25.9 Å². The maximum atomic E-state index is 12.9. The number of nitrogens with one attached hydrogen (secondary N) is 1. The van der Waals surface area contributed by atoms with Gasteiger partial charge in [-0.3, -0.25) is 9.59 Å². The van der Waals surface area contributed by atoms with Crippen LogP contribution in [0.5, 0.6) is 0 Å². The smallest absolute Gasteiger partial charge is 0.333 e. The second kappa shape index (κ2) is 8.78. The summed E-state index contributed by atoms with van der Waals surface area (Å²) in [7, 11) is 0. The Morgan fingerprint density at radius 2 is 2.13 bits per heavy atom. The van der Waals surface area contributed by atoms with Crippen LogP contribution in [-0.2, 0) is 25.8 Å². The molecule has 1 saturated heterocycles. The summed E-state index contributed by atoms with van der Waals surface area (Å²) in [4.78, 5) is 47.2. The molecule has 1 unspecified atom stereocenters. The zero-order valence-corrected chi connectivity index (χ0v) is 17.6. The summed E-state index contributed by atoms with van der Waals surface area (Å²) in [6.45, 7) is 0.147. The Bertz CT molecular complexity index is 1080. The van der Waals surface area contributed by atoms with E-state index in [0.717, 1.165) is 16.9 Å². The number of amides is 2. The van der Waals surface area contributed by atoms with E-state index in [0.29, 0.717) is 0 Å². The van der Waals surface area contributed by atoms with Crippen molar-refractivity contribution in [2.75, 3.05) is 11.5 Å². The number of nitrogen functional groups attached to an aromatic ring is 1. The van der Waals surface area contributed by atoms with Crippen LogP contribution in [0.1, 0.15) is 11.3 Å². The number of anilines is 1. The zero-order chi connectivity index (χ0) is 22.0. The summed E-state index contributed by atoms with van der Waals surface area (Å²) < 4.78 is 0. The molecule has 0 saturated carbocycles. The molecule has 1 aromatic heterocycles. The fourth-order valence-electron chi connectivity index (χ4n) is 2.99. The van der Waals surface area contributed by atoms with Crippen LogP contribution in [0.4, 0.5) is 5.13 Å². The van der Waals surface area contributed by atoms with Gasteiger partial charge in [-0.05, 0) is 5.56 Å². The first-order valence-electron chi connectivity index (χ1n) is 9.08. The van der Waals surface area contributed by atoms with Crippen molar-refractivity contribution in [2.45, 2.75) is 18.0 Å². The topological polar surface area (TPSA) is 147 Å². The van der Waals surface area contributed by atoms with Gasteiger partial charge in [-0.2, -0.15) is 0 Å². The molecule has 3 heterocycles. The highest BCUT2D eigenvalue weighted by Crippen LogP contribution is 2.36. The van der Waals surface area contributed by atoms with Crippen molar-refractivity contribution >= 4 is 51.7 Å². The van der Waals surface area contributed by atoms with Gasteiger partial charge in [0.25, 0.3) is 11.8 Å². The lowest BCUT2D eigenvalue weighted by Crippen LogP contribution is -2.69. The maximum Gasteiger partial charge on any atom is 0.333 e. The summed E-state index contributed by atoms with van der Waals surface area (Å²) in [5.41, 5.74) is 6.82. The Morgan fingerprint density at radius 1 is 1.35 bits per heavy atom. The first kappa shape index (κ1) is 20.9. The number of hydrogen-bond donors (Lipinski definition) is 3. The van der Waals surface area contributed by atoms with E-state index in [1.807, 2.05) is 30.3 Å². The Hall–Kier alpha value is -3.38. The molecular formula is C19H17N5O5S2. The van der Waals surface area contributed by atoms with E-state index in [1.54, 1.807) is 5.38 Å². The third kappa shape index (κ3) is 4.39. The first-order valence-corrected chi connectivity index (χ1v) is 11.0. The number of thioether (sulfide) groups is 1. The number of nitrogens with zero attached hydrogens (tertiary/aromatic N) is 3. The average Bonchev–Trinajstić information content (AvgIpc) is 3.20. The third-order valence-corrected chi connectivity index (χ3v) is 6.55. The van der Waals surface area contributed by atoms with Crippen molar-refractivity contribution in [3.63, 3.8) is 0 Å². The van der Waals surface area contributed by atoms with Gasteiger partial charge in [0.05, 0.1) is 5.57 Å². The summed E-state index contributed by atoms with van der Waals surface area (Å²) in [6, 6.07) is 8.50. The Morgan fingerprint density at radius 3 is 2.81 bits per heavy atom. The molecule has 31 heavy (non-hydrogen) atoms. The molecule has 4 rings (SSSR count). The van der Waals surface area contributed by atoms with Crippen molar-refractivity contribution in [1.82, 2.24) is 15.2 Å². The van der Waals surface area contributed by atoms with Crippen LogP contribution in [0, 0.1) is 0 Å². The number of carboxylic acids is 1. The standard InChI is InChI=1S/C19H17N5O5S2/c20-19-21-12(9-31-19)13(23-29-7-10-4-2-1-3-5-10)15(25)22-14-16(26)24-6-11(18(27)28)8-30-17(14)24/h1-6,9,14,17H,7-8H2,(H2,20,21)(H,22,25)(H,27,28)/t14?,17-/m1/s1. The van der Waals surface area contributed by atoms with Crippen LogP contribution in [0.3, 0.4) is 0 Å². The maximum absolute atomic E-state index is 12.9. The highest BCUT2D eigenvalue weighted by Gasteiger charge is 2.50. The van der Waals surface area contributed by atoms with Crippen LogP contribution in [0.15, 0.2) is 52.6 Å². The number of fused-ring (bicyclic) bond motifs is 1. The van der Waals surface area contributed by atoms with E-state index in [4.69, 9.17) is 15.7 Å². The Kier molecular flexibility index (Phi) is 5.91. The molecule has 0 spiro atoms. The largest absolute Gasteiger partial charge is 0.478 e. The van der Waals surface area contributed by atoms with Crippen LogP contribution in [-0.4, -0.2) is 55.7 Å². The van der Waals surface area contributed by atoms with Crippen molar-refractivity contribution in [3.05, 3.63) is 58.7 Å². The molecule has 1 fully saturated rings. The van der Waals surface area contributed by atoms with E-state index in [9.17, 15) is 14.4 Å². The second-order valence-corrected chi connectivity index (χ2v) is 8.62. The third-order valence-electron chi connectivity index (χ3n) is 4.56. The number of thiazole rings is 1. The number of carboxylic acid groups (broad SMARTS) is 1. The number of hydrogen-bond acceptors (Lipinski definition) is 9. The molecule has 10 nitrogen and oxygen atoms in total. The molecule has 2 aromatic rings. The van der Waals surface area contributed by atoms with Gasteiger partial charge in [-0.1, -0.05) is 35.5 Å². The number of carbonyl (C=O) groups excluding carboxylic acids is 2. The molecule has 0 bridgehead atoms. The first-order chi connectivity index (χ1) is 14.9. The number of carbonyl (C=O) groups is 3. The molecule has 2 aliphatic rings. The van der Waals surface area contributed by atoms with Gasteiger partial charge >= 0.3 is 5.97 Å². The van der Waals surface area contributed by atoms with Gasteiger partial charge in [0.15, 0.2) is 10.8 Å². The van der Waals surface area contributed by atoms with Crippen molar-refractivity contribution in [2.24, 2.45) is 5.16 Å². The van der Waals surface area contributed by atoms with E-state index in [2.05, 4.69) is 15.5 Å². The van der Waals surface area contributed by atoms with Crippen LogP contribution in [0.25, 0.3) is 0 Å². The average molecular weight is 460 g/mol.